The van der Waals surface area contributed by atoms with Crippen LogP contribution in [0, 0.1) is 11.3 Å². The molecule has 0 saturated heterocycles. The zero-order valence-electron chi connectivity index (χ0n) is 12.8. The molecule has 0 aliphatic rings. The second-order valence-corrected chi connectivity index (χ2v) is 6.09. The Bertz CT molecular complexity index is 641. The van der Waals surface area contributed by atoms with Gasteiger partial charge in [-0.15, -0.1) is 0 Å². The van der Waals surface area contributed by atoms with E-state index < -0.39 is 23.8 Å². The van der Waals surface area contributed by atoms with Crippen molar-refractivity contribution in [3.63, 3.8) is 0 Å². The molecule has 1 aromatic carbocycles. The summed E-state index contributed by atoms with van der Waals surface area (Å²) in [5, 5.41) is 19.2. The molecule has 0 bridgehead atoms. The van der Waals surface area contributed by atoms with E-state index in [1.54, 1.807) is 6.92 Å². The molecular formula is C16H17Cl2NO4. The molecule has 0 amide bonds. The maximum atomic E-state index is 12.1. The van der Waals surface area contributed by atoms with Crippen LogP contribution >= 0.6 is 23.2 Å². The summed E-state index contributed by atoms with van der Waals surface area (Å²) < 4.78 is 5.17. The number of carboxylic acids is 1. The molecule has 1 rings (SSSR count). The number of hydrogen-bond donors (Lipinski definition) is 1. The van der Waals surface area contributed by atoms with Crippen molar-refractivity contribution in [3.05, 3.63) is 33.8 Å². The van der Waals surface area contributed by atoms with Crippen LogP contribution in [0.3, 0.4) is 0 Å². The number of halogens is 2. The van der Waals surface area contributed by atoms with Crippen LogP contribution in [-0.4, -0.2) is 23.1 Å². The van der Waals surface area contributed by atoms with Crippen LogP contribution < -0.4 is 0 Å². The van der Waals surface area contributed by atoms with Crippen molar-refractivity contribution in [3.8, 4) is 6.07 Å². The summed E-state index contributed by atoms with van der Waals surface area (Å²) in [5.74, 6) is -1.83. The summed E-state index contributed by atoms with van der Waals surface area (Å²) in [6.07, 6.45) is -0.607. The van der Waals surface area contributed by atoms with Gasteiger partial charge in [-0.25, -0.2) is 0 Å². The smallest absolute Gasteiger partial charge is 0.308 e. The van der Waals surface area contributed by atoms with Crippen LogP contribution in [0.2, 0.25) is 10.0 Å². The first-order valence-electron chi connectivity index (χ1n) is 7.02. The molecule has 0 aromatic heterocycles. The van der Waals surface area contributed by atoms with E-state index in [1.165, 1.54) is 18.2 Å². The molecule has 0 aliphatic carbocycles. The quantitative estimate of drug-likeness (QED) is 0.746. The summed E-state index contributed by atoms with van der Waals surface area (Å²) in [4.78, 5) is 23.3. The predicted octanol–water partition coefficient (Wildman–Crippen LogP) is 3.96. The van der Waals surface area contributed by atoms with Crippen LogP contribution in [0.5, 0.6) is 0 Å². The second kappa shape index (κ2) is 8.19. The minimum absolute atomic E-state index is 0.185. The molecule has 1 N–H and O–H groups in total. The maximum Gasteiger partial charge on any atom is 0.308 e. The zero-order valence-corrected chi connectivity index (χ0v) is 14.3. The lowest BCUT2D eigenvalue weighted by molar-refractivity contribution is -0.149. The van der Waals surface area contributed by atoms with Gasteiger partial charge < -0.3 is 9.84 Å². The van der Waals surface area contributed by atoms with Gasteiger partial charge in [-0.05, 0) is 31.0 Å². The van der Waals surface area contributed by atoms with Gasteiger partial charge in [-0.1, -0.05) is 36.2 Å². The number of ether oxygens (including phenoxy) is 1. The number of carbonyl (C=O) groups is 2. The van der Waals surface area contributed by atoms with Crippen molar-refractivity contribution < 1.29 is 19.4 Å². The van der Waals surface area contributed by atoms with Crippen LogP contribution in [0.1, 0.15) is 38.7 Å². The van der Waals surface area contributed by atoms with Gasteiger partial charge in [0.05, 0.1) is 35.1 Å². The molecule has 0 spiro atoms. The van der Waals surface area contributed by atoms with Gasteiger partial charge in [0.25, 0.3) is 0 Å². The van der Waals surface area contributed by atoms with E-state index in [1.807, 2.05) is 13.0 Å². The molecule has 0 heterocycles. The summed E-state index contributed by atoms with van der Waals surface area (Å²) in [6, 6.07) is 6.32. The Balaban J connectivity index is 3.21. The van der Waals surface area contributed by atoms with E-state index in [0.717, 1.165) is 0 Å². The second-order valence-electron chi connectivity index (χ2n) is 5.28. The van der Waals surface area contributed by atoms with E-state index in [-0.39, 0.29) is 22.6 Å². The number of rotatable bonds is 7. The number of esters is 1. The molecule has 23 heavy (non-hydrogen) atoms. The Morgan fingerprint density at radius 1 is 1.35 bits per heavy atom. The maximum absolute atomic E-state index is 12.1. The van der Waals surface area contributed by atoms with Gasteiger partial charge >= 0.3 is 11.9 Å². The number of nitrogens with zero attached hydrogens (tertiary/aromatic N) is 1. The zero-order chi connectivity index (χ0) is 17.6. The molecule has 5 nitrogen and oxygen atoms in total. The Labute approximate surface area is 144 Å². The lowest BCUT2D eigenvalue weighted by Gasteiger charge is -2.25. The molecule has 0 fully saturated rings. The highest BCUT2D eigenvalue weighted by Crippen LogP contribution is 2.35. The normalized spacial score (nSPS) is 14.4. The van der Waals surface area contributed by atoms with E-state index in [9.17, 15) is 14.9 Å². The van der Waals surface area contributed by atoms with Crippen molar-refractivity contribution in [1.82, 2.24) is 0 Å². The van der Waals surface area contributed by atoms with Gasteiger partial charge in [0.1, 0.15) is 5.41 Å². The lowest BCUT2D eigenvalue weighted by Crippen LogP contribution is -2.32. The predicted molar refractivity (Wildman–Crippen MR) is 86.5 cm³/mol. The SMILES string of the molecule is CCC(C)OC(=O)CC(C#N)(CC(=O)O)c1ccc(Cl)c(Cl)c1. The molecule has 2 atom stereocenters. The first-order chi connectivity index (χ1) is 10.7. The third-order valence-electron chi connectivity index (χ3n) is 3.49. The van der Waals surface area contributed by atoms with Gasteiger partial charge in [0.2, 0.25) is 0 Å². The number of nitriles is 1. The Kier molecular flexibility index (Phi) is 6.86. The average Bonchev–Trinajstić information content (AvgIpc) is 2.48. The first-order valence-corrected chi connectivity index (χ1v) is 7.77. The highest BCUT2D eigenvalue weighted by molar-refractivity contribution is 6.42. The summed E-state index contributed by atoms with van der Waals surface area (Å²) >= 11 is 11.8. The number of benzene rings is 1. The molecule has 124 valence electrons. The summed E-state index contributed by atoms with van der Waals surface area (Å²) in [6.45, 7) is 3.58. The topological polar surface area (TPSA) is 87.4 Å². The third kappa shape index (κ3) is 5.12. The fourth-order valence-corrected chi connectivity index (χ4v) is 2.36. The Morgan fingerprint density at radius 2 is 2.00 bits per heavy atom. The van der Waals surface area contributed by atoms with Crippen LogP contribution in [-0.2, 0) is 19.7 Å². The minimum atomic E-state index is -1.56. The molecule has 1 aromatic rings. The molecule has 0 aliphatic heterocycles. The fraction of sp³-hybridized carbons (Fsp3) is 0.438. The number of aliphatic carboxylic acids is 1. The fourth-order valence-electron chi connectivity index (χ4n) is 2.06. The number of carboxylic acid groups (broad SMARTS) is 1. The van der Waals surface area contributed by atoms with E-state index >= 15 is 0 Å². The highest BCUT2D eigenvalue weighted by Gasteiger charge is 2.39. The van der Waals surface area contributed by atoms with Crippen molar-refractivity contribution in [2.45, 2.75) is 44.6 Å². The summed E-state index contributed by atoms with van der Waals surface area (Å²) in [5.41, 5.74) is -1.25. The van der Waals surface area contributed by atoms with Crippen LogP contribution in [0.25, 0.3) is 0 Å². The van der Waals surface area contributed by atoms with Crippen molar-refractivity contribution in [1.29, 1.82) is 5.26 Å². The third-order valence-corrected chi connectivity index (χ3v) is 4.23. The molecule has 0 saturated carbocycles. The summed E-state index contributed by atoms with van der Waals surface area (Å²) in [7, 11) is 0. The monoisotopic (exact) mass is 357 g/mol. The largest absolute Gasteiger partial charge is 0.481 e. The molecule has 7 heteroatoms. The number of hydrogen-bond acceptors (Lipinski definition) is 4. The average molecular weight is 358 g/mol. The number of carbonyl (C=O) groups excluding carboxylic acids is 1. The molecule has 2 unspecified atom stereocenters. The van der Waals surface area contributed by atoms with Gasteiger partial charge in [-0.3, -0.25) is 9.59 Å². The van der Waals surface area contributed by atoms with Gasteiger partial charge in [0, 0.05) is 0 Å². The molecular weight excluding hydrogens is 341 g/mol. The first kappa shape index (κ1) is 19.3. The van der Waals surface area contributed by atoms with Gasteiger partial charge in [-0.2, -0.15) is 5.26 Å². The molecule has 0 radical (unpaired) electrons. The van der Waals surface area contributed by atoms with E-state index in [2.05, 4.69) is 0 Å². The van der Waals surface area contributed by atoms with E-state index in [0.29, 0.717) is 12.0 Å². The van der Waals surface area contributed by atoms with Gasteiger partial charge in [0.15, 0.2) is 0 Å². The van der Waals surface area contributed by atoms with Crippen LogP contribution in [0.4, 0.5) is 0 Å². The van der Waals surface area contributed by atoms with Crippen molar-refractivity contribution >= 4 is 35.1 Å². The Morgan fingerprint density at radius 3 is 2.48 bits per heavy atom. The van der Waals surface area contributed by atoms with E-state index in [4.69, 9.17) is 33.0 Å². The highest BCUT2D eigenvalue weighted by atomic mass is 35.5. The van der Waals surface area contributed by atoms with Crippen molar-refractivity contribution in [2.24, 2.45) is 0 Å². The van der Waals surface area contributed by atoms with Crippen molar-refractivity contribution in [2.75, 3.05) is 0 Å². The standard InChI is InChI=1S/C16H17Cl2NO4/c1-3-10(2)23-15(22)8-16(9-19,7-14(20)21)11-4-5-12(17)13(18)6-11/h4-6,10H,3,7-8H2,1-2H3,(H,20,21). The lowest BCUT2D eigenvalue weighted by atomic mass is 9.76. The Hall–Kier alpha value is -1.77. The van der Waals surface area contributed by atoms with Crippen LogP contribution in [0.15, 0.2) is 18.2 Å². The minimum Gasteiger partial charge on any atom is -0.481 e.